The number of hydrogen-bond donors (Lipinski definition) is 1. The Kier molecular flexibility index (Phi) is 7.40. The Morgan fingerprint density at radius 1 is 1.22 bits per heavy atom. The smallest absolute Gasteiger partial charge is 0.233 e. The average Bonchev–Trinajstić information content (AvgIpc) is 2.55. The molecule has 0 unspecified atom stereocenters. The fourth-order valence-electron chi connectivity index (χ4n) is 2.60. The SMILES string of the molecule is Cc1ccc(S[C@H](C)C(=O)NCCCN2CCN(C)CC2)cc1. The van der Waals surface area contributed by atoms with E-state index < -0.39 is 0 Å². The van der Waals surface area contributed by atoms with E-state index in [0.29, 0.717) is 0 Å². The first-order valence-corrected chi connectivity index (χ1v) is 9.34. The van der Waals surface area contributed by atoms with E-state index in [2.05, 4.69) is 53.4 Å². The number of nitrogens with zero attached hydrogens (tertiary/aromatic N) is 2. The summed E-state index contributed by atoms with van der Waals surface area (Å²) in [4.78, 5) is 18.2. The highest BCUT2D eigenvalue weighted by molar-refractivity contribution is 8.00. The van der Waals surface area contributed by atoms with Gasteiger partial charge in [-0.3, -0.25) is 4.79 Å². The van der Waals surface area contributed by atoms with Gasteiger partial charge in [-0.15, -0.1) is 11.8 Å². The quantitative estimate of drug-likeness (QED) is 0.612. The van der Waals surface area contributed by atoms with Crippen molar-refractivity contribution in [1.29, 1.82) is 0 Å². The van der Waals surface area contributed by atoms with Crippen LogP contribution in [-0.2, 0) is 4.79 Å². The highest BCUT2D eigenvalue weighted by atomic mass is 32.2. The minimum absolute atomic E-state index is 0.0543. The first kappa shape index (κ1) is 18.3. The topological polar surface area (TPSA) is 35.6 Å². The molecule has 1 atom stereocenters. The van der Waals surface area contributed by atoms with Gasteiger partial charge < -0.3 is 15.1 Å². The summed E-state index contributed by atoms with van der Waals surface area (Å²) in [7, 11) is 2.17. The predicted octanol–water partition coefficient (Wildman–Crippen LogP) is 2.23. The molecular weight excluding hydrogens is 306 g/mol. The summed E-state index contributed by atoms with van der Waals surface area (Å²) >= 11 is 1.62. The summed E-state index contributed by atoms with van der Waals surface area (Å²) in [6.07, 6.45) is 1.03. The van der Waals surface area contributed by atoms with Crippen LogP contribution in [0.3, 0.4) is 0 Å². The molecule has 0 bridgehead atoms. The first-order valence-electron chi connectivity index (χ1n) is 8.46. The average molecular weight is 336 g/mol. The van der Waals surface area contributed by atoms with Crippen LogP contribution in [0.2, 0.25) is 0 Å². The Hall–Kier alpha value is -1.04. The van der Waals surface area contributed by atoms with Gasteiger partial charge in [-0.25, -0.2) is 0 Å². The highest BCUT2D eigenvalue weighted by Gasteiger charge is 2.15. The van der Waals surface area contributed by atoms with Gasteiger partial charge in [0, 0.05) is 37.6 Å². The molecule has 0 saturated carbocycles. The zero-order valence-corrected chi connectivity index (χ0v) is 15.4. The second-order valence-electron chi connectivity index (χ2n) is 6.36. The van der Waals surface area contributed by atoms with Crippen LogP contribution in [0, 0.1) is 6.92 Å². The second kappa shape index (κ2) is 9.30. The van der Waals surface area contributed by atoms with Crippen molar-refractivity contribution in [2.24, 2.45) is 0 Å². The fourth-order valence-corrected chi connectivity index (χ4v) is 3.50. The molecule has 1 saturated heterocycles. The summed E-state index contributed by atoms with van der Waals surface area (Å²) in [6, 6.07) is 8.33. The van der Waals surface area contributed by atoms with Gasteiger partial charge in [0.1, 0.15) is 0 Å². The van der Waals surface area contributed by atoms with E-state index in [4.69, 9.17) is 0 Å². The number of benzene rings is 1. The zero-order valence-electron chi connectivity index (χ0n) is 14.5. The van der Waals surface area contributed by atoms with Gasteiger partial charge in [0.2, 0.25) is 5.91 Å². The lowest BCUT2D eigenvalue weighted by atomic mass is 10.2. The first-order chi connectivity index (χ1) is 11.0. The van der Waals surface area contributed by atoms with Crippen molar-refractivity contribution in [3.63, 3.8) is 0 Å². The molecule has 2 rings (SSSR count). The Balaban J connectivity index is 1.61. The summed E-state index contributed by atoms with van der Waals surface area (Å²) in [5.74, 6) is 0.133. The third-order valence-electron chi connectivity index (χ3n) is 4.25. The monoisotopic (exact) mass is 335 g/mol. The predicted molar refractivity (Wildman–Crippen MR) is 98.1 cm³/mol. The number of amides is 1. The summed E-state index contributed by atoms with van der Waals surface area (Å²) in [5, 5.41) is 3.01. The van der Waals surface area contributed by atoms with E-state index in [-0.39, 0.29) is 11.2 Å². The maximum absolute atomic E-state index is 12.2. The van der Waals surface area contributed by atoms with E-state index in [1.165, 1.54) is 5.56 Å². The number of hydrogen-bond acceptors (Lipinski definition) is 4. The molecule has 1 aliphatic rings. The van der Waals surface area contributed by atoms with Crippen LogP contribution in [0.1, 0.15) is 18.9 Å². The van der Waals surface area contributed by atoms with E-state index in [1.807, 2.05) is 6.92 Å². The van der Waals surface area contributed by atoms with Crippen molar-refractivity contribution < 1.29 is 4.79 Å². The molecule has 4 nitrogen and oxygen atoms in total. The standard InChI is InChI=1S/C18H29N3OS/c1-15-5-7-17(8-6-15)23-16(2)18(22)19-9-4-10-21-13-11-20(3)12-14-21/h5-8,16H,4,9-14H2,1-3H3,(H,19,22)/t16-/m1/s1. The van der Waals surface area contributed by atoms with Gasteiger partial charge in [0.25, 0.3) is 0 Å². The Bertz CT molecular complexity index is 484. The lowest BCUT2D eigenvalue weighted by molar-refractivity contribution is -0.120. The van der Waals surface area contributed by atoms with Gasteiger partial charge in [0.15, 0.2) is 0 Å². The molecule has 1 heterocycles. The number of thioether (sulfide) groups is 1. The van der Waals surface area contributed by atoms with Gasteiger partial charge >= 0.3 is 0 Å². The molecule has 0 spiro atoms. The molecule has 1 aromatic carbocycles. The van der Waals surface area contributed by atoms with Crippen molar-refractivity contribution in [2.75, 3.05) is 46.3 Å². The van der Waals surface area contributed by atoms with Crippen LogP contribution in [0.4, 0.5) is 0 Å². The number of piperazine rings is 1. The van der Waals surface area contributed by atoms with Crippen molar-refractivity contribution in [2.45, 2.75) is 30.4 Å². The Morgan fingerprint density at radius 2 is 1.87 bits per heavy atom. The number of carbonyl (C=O) groups excluding carboxylic acids is 1. The number of likely N-dealkylation sites (N-methyl/N-ethyl adjacent to an activating group) is 1. The molecule has 1 fully saturated rings. The molecule has 1 amide bonds. The third kappa shape index (κ3) is 6.53. The van der Waals surface area contributed by atoms with Gasteiger partial charge in [-0.2, -0.15) is 0 Å². The van der Waals surface area contributed by atoms with Crippen LogP contribution < -0.4 is 5.32 Å². The molecule has 0 aromatic heterocycles. The van der Waals surface area contributed by atoms with Crippen molar-refractivity contribution in [3.05, 3.63) is 29.8 Å². The van der Waals surface area contributed by atoms with Crippen molar-refractivity contribution >= 4 is 17.7 Å². The minimum atomic E-state index is -0.0543. The molecule has 0 aliphatic carbocycles. The van der Waals surface area contributed by atoms with E-state index in [9.17, 15) is 4.79 Å². The molecule has 1 aliphatic heterocycles. The van der Waals surface area contributed by atoms with Crippen LogP contribution in [0.15, 0.2) is 29.2 Å². The number of rotatable bonds is 7. The van der Waals surface area contributed by atoms with E-state index in [1.54, 1.807) is 11.8 Å². The maximum Gasteiger partial charge on any atom is 0.233 e. The molecule has 0 radical (unpaired) electrons. The summed E-state index contributed by atoms with van der Waals surface area (Å²) < 4.78 is 0. The largest absolute Gasteiger partial charge is 0.355 e. The fraction of sp³-hybridized carbons (Fsp3) is 0.611. The van der Waals surface area contributed by atoms with Gasteiger partial charge in [0.05, 0.1) is 5.25 Å². The number of aryl methyl sites for hydroxylation is 1. The summed E-state index contributed by atoms with van der Waals surface area (Å²) in [5.41, 5.74) is 1.25. The zero-order chi connectivity index (χ0) is 16.7. The number of carbonyl (C=O) groups is 1. The molecule has 1 N–H and O–H groups in total. The van der Waals surface area contributed by atoms with Gasteiger partial charge in [-0.1, -0.05) is 17.7 Å². The third-order valence-corrected chi connectivity index (χ3v) is 5.36. The Morgan fingerprint density at radius 3 is 2.52 bits per heavy atom. The highest BCUT2D eigenvalue weighted by Crippen LogP contribution is 2.23. The normalized spacial score (nSPS) is 17.9. The molecular formula is C18H29N3OS. The molecule has 5 heteroatoms. The molecule has 1 aromatic rings. The van der Waals surface area contributed by atoms with Crippen LogP contribution in [-0.4, -0.2) is 67.3 Å². The summed E-state index contributed by atoms with van der Waals surface area (Å²) in [6.45, 7) is 10.5. The van der Waals surface area contributed by atoms with E-state index in [0.717, 1.165) is 50.6 Å². The van der Waals surface area contributed by atoms with Crippen molar-refractivity contribution in [1.82, 2.24) is 15.1 Å². The van der Waals surface area contributed by atoms with Crippen LogP contribution in [0.5, 0.6) is 0 Å². The second-order valence-corrected chi connectivity index (χ2v) is 7.78. The minimum Gasteiger partial charge on any atom is -0.355 e. The number of nitrogens with one attached hydrogen (secondary N) is 1. The van der Waals surface area contributed by atoms with Crippen LogP contribution >= 0.6 is 11.8 Å². The van der Waals surface area contributed by atoms with E-state index >= 15 is 0 Å². The van der Waals surface area contributed by atoms with Crippen molar-refractivity contribution in [3.8, 4) is 0 Å². The lowest BCUT2D eigenvalue weighted by Crippen LogP contribution is -2.45. The lowest BCUT2D eigenvalue weighted by Gasteiger charge is -2.32. The van der Waals surface area contributed by atoms with Crippen LogP contribution in [0.25, 0.3) is 0 Å². The van der Waals surface area contributed by atoms with Gasteiger partial charge in [-0.05, 0) is 46.0 Å². The Labute approximate surface area is 144 Å². The molecule has 128 valence electrons. The molecule has 23 heavy (non-hydrogen) atoms. The maximum atomic E-state index is 12.2.